The molecule has 8 nitrogen and oxygen atoms in total. The van der Waals surface area contributed by atoms with E-state index in [-0.39, 0.29) is 29.3 Å². The monoisotopic (exact) mass is 355 g/mol. The van der Waals surface area contributed by atoms with Crippen molar-refractivity contribution in [2.24, 2.45) is 0 Å². The zero-order valence-electron chi connectivity index (χ0n) is 13.1. The summed E-state index contributed by atoms with van der Waals surface area (Å²) in [6.45, 7) is -0.246. The van der Waals surface area contributed by atoms with Gasteiger partial charge in [-0.2, -0.15) is 10.4 Å². The van der Waals surface area contributed by atoms with E-state index in [1.165, 1.54) is 18.3 Å². The summed E-state index contributed by atoms with van der Waals surface area (Å²) in [6, 6.07) is 5.27. The summed E-state index contributed by atoms with van der Waals surface area (Å²) in [7, 11) is 0. The molecule has 3 aromatic rings. The summed E-state index contributed by atoms with van der Waals surface area (Å²) in [5.41, 5.74) is 0.316. The molecule has 2 aromatic heterocycles. The topological polar surface area (TPSA) is 119 Å². The first-order valence-electron chi connectivity index (χ1n) is 7.32. The van der Waals surface area contributed by atoms with Gasteiger partial charge in [-0.3, -0.25) is 9.89 Å². The number of carbonyl (C=O) groups excluding carboxylic acids is 1. The normalized spacial score (nSPS) is 10.2. The molecule has 26 heavy (non-hydrogen) atoms. The van der Waals surface area contributed by atoms with Crippen LogP contribution in [0.3, 0.4) is 0 Å². The van der Waals surface area contributed by atoms with E-state index < -0.39 is 17.5 Å². The molecule has 0 spiro atoms. The van der Waals surface area contributed by atoms with Crippen LogP contribution in [0.15, 0.2) is 36.8 Å². The fraction of sp³-hybridized carbons (Fsp3) is 0.0625. The van der Waals surface area contributed by atoms with Crippen molar-refractivity contribution in [3.8, 4) is 17.3 Å². The van der Waals surface area contributed by atoms with Gasteiger partial charge in [-0.25, -0.2) is 18.7 Å². The Hall–Kier alpha value is -3.87. The third kappa shape index (κ3) is 3.62. The van der Waals surface area contributed by atoms with Crippen molar-refractivity contribution in [2.45, 2.75) is 0 Å². The molecule has 0 aliphatic heterocycles. The lowest BCUT2D eigenvalue weighted by Crippen LogP contribution is -2.24. The number of nitriles is 1. The van der Waals surface area contributed by atoms with Crippen LogP contribution in [0.2, 0.25) is 0 Å². The maximum Gasteiger partial charge on any atom is 0.255 e. The Morgan fingerprint density at radius 2 is 2.12 bits per heavy atom. The third-order valence-corrected chi connectivity index (χ3v) is 3.31. The SMILES string of the molecule is N#CCNC(=O)c1ccc(-c2nc(Nc3cn[nH]c3)ncc2F)cc1F. The molecule has 130 valence electrons. The van der Waals surface area contributed by atoms with Crippen molar-refractivity contribution in [3.63, 3.8) is 0 Å². The van der Waals surface area contributed by atoms with E-state index in [0.717, 1.165) is 12.3 Å². The number of rotatable bonds is 5. The van der Waals surface area contributed by atoms with Crippen LogP contribution in [-0.4, -0.2) is 32.6 Å². The number of anilines is 2. The van der Waals surface area contributed by atoms with E-state index >= 15 is 0 Å². The number of aromatic nitrogens is 4. The lowest BCUT2D eigenvalue weighted by molar-refractivity contribution is 0.0954. The van der Waals surface area contributed by atoms with Crippen LogP contribution < -0.4 is 10.6 Å². The molecule has 0 unspecified atom stereocenters. The minimum Gasteiger partial charge on any atom is -0.339 e. The predicted molar refractivity (Wildman–Crippen MR) is 87.2 cm³/mol. The minimum atomic E-state index is -0.861. The van der Waals surface area contributed by atoms with Gasteiger partial charge in [-0.05, 0) is 12.1 Å². The number of aromatic amines is 1. The lowest BCUT2D eigenvalue weighted by atomic mass is 10.1. The van der Waals surface area contributed by atoms with Crippen molar-refractivity contribution in [2.75, 3.05) is 11.9 Å². The fourth-order valence-electron chi connectivity index (χ4n) is 2.14. The zero-order valence-corrected chi connectivity index (χ0v) is 13.1. The van der Waals surface area contributed by atoms with Crippen molar-refractivity contribution >= 4 is 17.5 Å². The van der Waals surface area contributed by atoms with Crippen molar-refractivity contribution in [3.05, 3.63) is 54.0 Å². The Morgan fingerprint density at radius 1 is 1.27 bits per heavy atom. The van der Waals surface area contributed by atoms with Gasteiger partial charge in [0.05, 0.1) is 29.7 Å². The number of nitrogens with zero attached hydrogens (tertiary/aromatic N) is 4. The number of halogens is 2. The standard InChI is InChI=1S/C16H11F2N7O/c17-12-5-9(1-2-11(12)15(26)20-4-3-19)14-13(18)8-21-16(25-14)24-10-6-22-23-7-10/h1-2,5-8H,4H2,(H,20,26)(H,22,23)(H,21,24,25). The van der Waals surface area contributed by atoms with Gasteiger partial charge >= 0.3 is 0 Å². The molecule has 0 saturated carbocycles. The number of carbonyl (C=O) groups is 1. The van der Waals surface area contributed by atoms with Crippen molar-refractivity contribution in [1.82, 2.24) is 25.5 Å². The van der Waals surface area contributed by atoms with Crippen LogP contribution in [-0.2, 0) is 0 Å². The minimum absolute atomic E-state index is 0.0963. The Bertz CT molecular complexity index is 983. The molecule has 0 atom stereocenters. The maximum absolute atomic E-state index is 14.2. The number of amides is 1. The Morgan fingerprint density at radius 3 is 2.81 bits per heavy atom. The molecule has 3 rings (SSSR count). The smallest absolute Gasteiger partial charge is 0.255 e. The largest absolute Gasteiger partial charge is 0.339 e. The van der Waals surface area contributed by atoms with Crippen molar-refractivity contribution in [1.29, 1.82) is 5.26 Å². The summed E-state index contributed by atoms with van der Waals surface area (Å²) in [6.07, 6.45) is 4.00. The Labute approximate surface area is 145 Å². The van der Waals surface area contributed by atoms with E-state index in [1.54, 1.807) is 12.3 Å². The highest BCUT2D eigenvalue weighted by molar-refractivity contribution is 5.95. The van der Waals surface area contributed by atoms with Crippen LogP contribution in [0.1, 0.15) is 10.4 Å². The van der Waals surface area contributed by atoms with Gasteiger partial charge in [0.2, 0.25) is 5.95 Å². The van der Waals surface area contributed by atoms with Crippen LogP contribution in [0, 0.1) is 23.0 Å². The summed E-state index contributed by atoms with van der Waals surface area (Å²) in [5.74, 6) is -2.25. The number of hydrogen-bond donors (Lipinski definition) is 3. The first-order valence-corrected chi connectivity index (χ1v) is 7.32. The summed E-state index contributed by atoms with van der Waals surface area (Å²) in [4.78, 5) is 19.6. The average molecular weight is 355 g/mol. The van der Waals surface area contributed by atoms with Crippen LogP contribution in [0.4, 0.5) is 20.4 Å². The molecule has 0 fully saturated rings. The van der Waals surface area contributed by atoms with Gasteiger partial charge in [-0.15, -0.1) is 0 Å². The third-order valence-electron chi connectivity index (χ3n) is 3.31. The molecule has 0 radical (unpaired) electrons. The summed E-state index contributed by atoms with van der Waals surface area (Å²) in [5, 5.41) is 19.8. The zero-order chi connectivity index (χ0) is 18.5. The first-order chi connectivity index (χ1) is 12.6. The lowest BCUT2D eigenvalue weighted by Gasteiger charge is -2.08. The number of nitrogens with one attached hydrogen (secondary N) is 3. The van der Waals surface area contributed by atoms with Gasteiger partial charge < -0.3 is 10.6 Å². The highest BCUT2D eigenvalue weighted by Crippen LogP contribution is 2.24. The molecule has 0 aliphatic rings. The van der Waals surface area contributed by atoms with Gasteiger partial charge in [-0.1, -0.05) is 6.07 Å². The first kappa shape index (κ1) is 17.0. The molecule has 1 aromatic carbocycles. The van der Waals surface area contributed by atoms with Gasteiger partial charge in [0.15, 0.2) is 5.82 Å². The number of hydrogen-bond acceptors (Lipinski definition) is 6. The molecule has 2 heterocycles. The molecule has 0 saturated heterocycles. The predicted octanol–water partition coefficient (Wildman–Crippen LogP) is 2.14. The number of H-pyrrole nitrogens is 1. The van der Waals surface area contributed by atoms with Gasteiger partial charge in [0.25, 0.3) is 5.91 Å². The van der Waals surface area contributed by atoms with E-state index in [2.05, 4.69) is 30.8 Å². The molecule has 0 bridgehead atoms. The van der Waals surface area contributed by atoms with Gasteiger partial charge in [0, 0.05) is 11.8 Å². The van der Waals surface area contributed by atoms with Gasteiger partial charge in [0.1, 0.15) is 18.1 Å². The molecule has 1 amide bonds. The van der Waals surface area contributed by atoms with Crippen LogP contribution in [0.5, 0.6) is 0 Å². The second-order valence-electron chi connectivity index (χ2n) is 5.04. The van der Waals surface area contributed by atoms with E-state index in [0.29, 0.717) is 5.69 Å². The molecular weight excluding hydrogens is 344 g/mol. The van der Waals surface area contributed by atoms with Crippen LogP contribution in [0.25, 0.3) is 11.3 Å². The summed E-state index contributed by atoms with van der Waals surface area (Å²) >= 11 is 0. The number of benzene rings is 1. The highest BCUT2D eigenvalue weighted by atomic mass is 19.1. The Kier molecular flexibility index (Phi) is 4.80. The van der Waals surface area contributed by atoms with Crippen molar-refractivity contribution < 1.29 is 13.6 Å². The summed E-state index contributed by atoms with van der Waals surface area (Å²) < 4.78 is 28.3. The molecule has 3 N–H and O–H groups in total. The van der Waals surface area contributed by atoms with E-state index in [1.807, 2.05) is 0 Å². The van der Waals surface area contributed by atoms with E-state index in [4.69, 9.17) is 5.26 Å². The maximum atomic E-state index is 14.2. The second-order valence-corrected chi connectivity index (χ2v) is 5.04. The Balaban J connectivity index is 1.90. The van der Waals surface area contributed by atoms with E-state index in [9.17, 15) is 13.6 Å². The average Bonchev–Trinajstić information content (AvgIpc) is 3.14. The molecular formula is C16H11F2N7O. The second kappa shape index (κ2) is 7.35. The van der Waals surface area contributed by atoms with Crippen LogP contribution >= 0.6 is 0 Å². The molecule has 0 aliphatic carbocycles. The fourth-order valence-corrected chi connectivity index (χ4v) is 2.14. The highest BCUT2D eigenvalue weighted by Gasteiger charge is 2.16. The quantitative estimate of drug-likeness (QED) is 0.603. The molecule has 10 heteroatoms.